The summed E-state index contributed by atoms with van der Waals surface area (Å²) in [7, 11) is 0. The molecular weight excluding hydrogens is 300 g/mol. The molecule has 5 heteroatoms. The molecular formula is C12H11BrN2OS. The Bertz CT molecular complexity index is 539. The van der Waals surface area contributed by atoms with Gasteiger partial charge in [-0.3, -0.25) is 4.79 Å². The number of anilines is 1. The SMILES string of the molecule is Cc1cccc(CC(=O)Nc2ncc(Br)s2)c1. The van der Waals surface area contributed by atoms with Crippen LogP contribution in [0.25, 0.3) is 0 Å². The molecule has 2 rings (SSSR count). The van der Waals surface area contributed by atoms with E-state index in [0.717, 1.165) is 14.9 Å². The van der Waals surface area contributed by atoms with Gasteiger partial charge in [0.25, 0.3) is 0 Å². The van der Waals surface area contributed by atoms with Gasteiger partial charge >= 0.3 is 0 Å². The number of rotatable bonds is 3. The van der Waals surface area contributed by atoms with Crippen molar-refractivity contribution < 1.29 is 4.79 Å². The van der Waals surface area contributed by atoms with Crippen LogP contribution in [0.1, 0.15) is 11.1 Å². The van der Waals surface area contributed by atoms with Crippen LogP contribution in [0.15, 0.2) is 34.2 Å². The van der Waals surface area contributed by atoms with E-state index in [0.29, 0.717) is 11.6 Å². The van der Waals surface area contributed by atoms with Crippen molar-refractivity contribution in [1.82, 2.24) is 4.98 Å². The molecule has 0 aliphatic carbocycles. The highest BCUT2D eigenvalue weighted by atomic mass is 79.9. The van der Waals surface area contributed by atoms with E-state index in [4.69, 9.17) is 0 Å². The lowest BCUT2D eigenvalue weighted by atomic mass is 10.1. The van der Waals surface area contributed by atoms with Crippen LogP contribution in [0.4, 0.5) is 5.13 Å². The highest BCUT2D eigenvalue weighted by molar-refractivity contribution is 9.11. The number of hydrogen-bond acceptors (Lipinski definition) is 3. The predicted molar refractivity (Wildman–Crippen MR) is 73.3 cm³/mol. The molecule has 0 aliphatic heterocycles. The highest BCUT2D eigenvalue weighted by Crippen LogP contribution is 2.23. The van der Waals surface area contributed by atoms with Gasteiger partial charge in [-0.15, -0.1) is 0 Å². The maximum Gasteiger partial charge on any atom is 0.230 e. The fraction of sp³-hybridized carbons (Fsp3) is 0.167. The van der Waals surface area contributed by atoms with Crippen molar-refractivity contribution in [2.45, 2.75) is 13.3 Å². The number of hydrogen-bond donors (Lipinski definition) is 1. The van der Waals surface area contributed by atoms with E-state index < -0.39 is 0 Å². The van der Waals surface area contributed by atoms with E-state index in [1.54, 1.807) is 6.20 Å². The monoisotopic (exact) mass is 310 g/mol. The molecule has 1 amide bonds. The van der Waals surface area contributed by atoms with Gasteiger partial charge in [0.15, 0.2) is 5.13 Å². The van der Waals surface area contributed by atoms with E-state index in [-0.39, 0.29) is 5.91 Å². The summed E-state index contributed by atoms with van der Waals surface area (Å²) in [6, 6.07) is 7.93. The van der Waals surface area contributed by atoms with Gasteiger partial charge in [-0.2, -0.15) is 0 Å². The third-order valence-corrected chi connectivity index (χ3v) is 3.56. The second-order valence-electron chi connectivity index (χ2n) is 3.68. The van der Waals surface area contributed by atoms with Gasteiger partial charge in [-0.05, 0) is 28.4 Å². The lowest BCUT2D eigenvalue weighted by molar-refractivity contribution is -0.115. The lowest BCUT2D eigenvalue weighted by Gasteiger charge is -2.02. The van der Waals surface area contributed by atoms with Crippen LogP contribution in [0.2, 0.25) is 0 Å². The molecule has 0 bridgehead atoms. The summed E-state index contributed by atoms with van der Waals surface area (Å²) in [5.74, 6) is -0.0440. The van der Waals surface area contributed by atoms with Crippen molar-refractivity contribution in [3.63, 3.8) is 0 Å². The number of halogens is 1. The number of thiazole rings is 1. The number of amides is 1. The second kappa shape index (κ2) is 5.42. The number of nitrogens with one attached hydrogen (secondary N) is 1. The largest absolute Gasteiger partial charge is 0.302 e. The molecule has 17 heavy (non-hydrogen) atoms. The average molecular weight is 311 g/mol. The highest BCUT2D eigenvalue weighted by Gasteiger charge is 2.06. The van der Waals surface area contributed by atoms with Crippen molar-refractivity contribution >= 4 is 38.3 Å². The molecule has 1 heterocycles. The maximum atomic E-state index is 11.7. The molecule has 0 unspecified atom stereocenters. The van der Waals surface area contributed by atoms with Crippen LogP contribution >= 0.6 is 27.3 Å². The van der Waals surface area contributed by atoms with Crippen LogP contribution in [0.5, 0.6) is 0 Å². The Kier molecular flexibility index (Phi) is 3.91. The number of carbonyl (C=O) groups is 1. The number of nitrogens with zero attached hydrogens (tertiary/aromatic N) is 1. The smallest absolute Gasteiger partial charge is 0.230 e. The van der Waals surface area contributed by atoms with E-state index in [2.05, 4.69) is 26.2 Å². The van der Waals surface area contributed by atoms with E-state index in [9.17, 15) is 4.79 Å². The first-order valence-electron chi connectivity index (χ1n) is 5.10. The van der Waals surface area contributed by atoms with Crippen LogP contribution in [0, 0.1) is 6.92 Å². The number of aromatic nitrogens is 1. The zero-order valence-corrected chi connectivity index (χ0v) is 11.6. The summed E-state index contributed by atoms with van der Waals surface area (Å²) < 4.78 is 0.906. The Balaban J connectivity index is 1.98. The normalized spacial score (nSPS) is 10.2. The van der Waals surface area contributed by atoms with Crippen molar-refractivity contribution in [3.8, 4) is 0 Å². The van der Waals surface area contributed by atoms with Crippen LogP contribution in [-0.2, 0) is 11.2 Å². The van der Waals surface area contributed by atoms with Crippen LogP contribution in [0.3, 0.4) is 0 Å². The molecule has 0 radical (unpaired) electrons. The zero-order valence-electron chi connectivity index (χ0n) is 9.24. The summed E-state index contributed by atoms with van der Waals surface area (Å²) in [6.07, 6.45) is 2.05. The summed E-state index contributed by atoms with van der Waals surface area (Å²) in [5, 5.41) is 3.39. The fourth-order valence-electron chi connectivity index (χ4n) is 1.48. The molecule has 1 aromatic heterocycles. The molecule has 1 N–H and O–H groups in total. The fourth-order valence-corrected chi connectivity index (χ4v) is 2.61. The molecule has 0 fully saturated rings. The third-order valence-electron chi connectivity index (χ3n) is 2.17. The van der Waals surface area contributed by atoms with Gasteiger partial charge in [-0.25, -0.2) is 4.98 Å². The summed E-state index contributed by atoms with van der Waals surface area (Å²) in [4.78, 5) is 15.8. The number of carbonyl (C=O) groups excluding carboxylic acids is 1. The quantitative estimate of drug-likeness (QED) is 0.944. The standard InChI is InChI=1S/C12H11BrN2OS/c1-8-3-2-4-9(5-8)6-11(16)15-12-14-7-10(13)17-12/h2-5,7H,6H2,1H3,(H,14,15,16). The molecule has 0 spiro atoms. The second-order valence-corrected chi connectivity index (χ2v) is 6.09. The first kappa shape index (κ1) is 12.3. The minimum atomic E-state index is -0.0440. The van der Waals surface area contributed by atoms with Gasteiger partial charge < -0.3 is 5.32 Å². The third kappa shape index (κ3) is 3.64. The summed E-state index contributed by atoms with van der Waals surface area (Å²) in [6.45, 7) is 2.01. The average Bonchev–Trinajstić information content (AvgIpc) is 2.63. The summed E-state index contributed by atoms with van der Waals surface area (Å²) in [5.41, 5.74) is 2.17. The minimum Gasteiger partial charge on any atom is -0.302 e. The van der Waals surface area contributed by atoms with E-state index in [1.165, 1.54) is 11.3 Å². The summed E-state index contributed by atoms with van der Waals surface area (Å²) >= 11 is 4.71. The lowest BCUT2D eigenvalue weighted by Crippen LogP contribution is -2.14. The van der Waals surface area contributed by atoms with Crippen molar-refractivity contribution in [3.05, 3.63) is 45.4 Å². The van der Waals surface area contributed by atoms with Crippen LogP contribution < -0.4 is 5.32 Å². The number of aryl methyl sites for hydroxylation is 1. The van der Waals surface area contributed by atoms with Crippen molar-refractivity contribution in [2.24, 2.45) is 0 Å². The molecule has 3 nitrogen and oxygen atoms in total. The van der Waals surface area contributed by atoms with Gasteiger partial charge in [0.05, 0.1) is 16.4 Å². The Morgan fingerprint density at radius 3 is 3.00 bits per heavy atom. The Hall–Kier alpha value is -1.20. The van der Waals surface area contributed by atoms with Crippen molar-refractivity contribution in [1.29, 1.82) is 0 Å². The van der Waals surface area contributed by atoms with Gasteiger partial charge in [0.1, 0.15) is 0 Å². The minimum absolute atomic E-state index is 0.0440. The first-order valence-corrected chi connectivity index (χ1v) is 6.71. The molecule has 0 aliphatic rings. The van der Waals surface area contributed by atoms with Gasteiger partial charge in [0, 0.05) is 0 Å². The number of benzene rings is 1. The maximum absolute atomic E-state index is 11.7. The molecule has 88 valence electrons. The Labute approximate surface area is 112 Å². The molecule has 0 saturated carbocycles. The zero-order chi connectivity index (χ0) is 12.3. The topological polar surface area (TPSA) is 42.0 Å². The molecule has 0 saturated heterocycles. The molecule has 1 aromatic carbocycles. The van der Waals surface area contributed by atoms with Gasteiger partial charge in [-0.1, -0.05) is 41.2 Å². The predicted octanol–water partition coefficient (Wildman–Crippen LogP) is 3.40. The van der Waals surface area contributed by atoms with Gasteiger partial charge in [0.2, 0.25) is 5.91 Å². The molecule has 2 aromatic rings. The van der Waals surface area contributed by atoms with Crippen LogP contribution in [-0.4, -0.2) is 10.9 Å². The Morgan fingerprint density at radius 2 is 2.35 bits per heavy atom. The van der Waals surface area contributed by atoms with E-state index >= 15 is 0 Å². The van der Waals surface area contributed by atoms with Crippen molar-refractivity contribution in [2.75, 3.05) is 5.32 Å². The van der Waals surface area contributed by atoms with E-state index in [1.807, 2.05) is 31.2 Å². The first-order chi connectivity index (χ1) is 8.13. The Morgan fingerprint density at radius 1 is 1.53 bits per heavy atom. The molecule has 0 atom stereocenters.